The Morgan fingerprint density at radius 2 is 1.88 bits per heavy atom. The number of hydrogen-bond donors (Lipinski definition) is 0. The van der Waals surface area contributed by atoms with Gasteiger partial charge >= 0.3 is 5.97 Å². The first kappa shape index (κ1) is 17.5. The molecule has 0 radical (unpaired) electrons. The molecule has 2 aromatic heterocycles. The van der Waals surface area contributed by atoms with Gasteiger partial charge < -0.3 is 4.74 Å². The molecule has 0 amide bonds. The number of rotatable bonds is 4. The predicted molar refractivity (Wildman–Crippen MR) is 109 cm³/mol. The SMILES string of the molecule is O=C(OCc1ccc(Cl)cc1Cl)c1ccc(-c2nc3ccccc3s2)s1. The number of thiophene rings is 1. The molecule has 0 fully saturated rings. The van der Waals surface area contributed by atoms with Crippen molar-refractivity contribution >= 4 is 62.1 Å². The second-order valence-corrected chi connectivity index (χ2v) is 8.42. The summed E-state index contributed by atoms with van der Waals surface area (Å²) >= 11 is 14.9. The molecule has 130 valence electrons. The van der Waals surface area contributed by atoms with Gasteiger partial charge in [0, 0.05) is 15.6 Å². The largest absolute Gasteiger partial charge is 0.457 e. The fourth-order valence-electron chi connectivity index (χ4n) is 2.39. The molecule has 2 aromatic carbocycles. The van der Waals surface area contributed by atoms with Gasteiger partial charge in [-0.15, -0.1) is 22.7 Å². The molecule has 3 nitrogen and oxygen atoms in total. The molecule has 0 aliphatic carbocycles. The van der Waals surface area contributed by atoms with E-state index in [0.29, 0.717) is 20.5 Å². The Labute approximate surface area is 167 Å². The smallest absolute Gasteiger partial charge is 0.348 e. The molecular formula is C19H11Cl2NO2S2. The zero-order valence-electron chi connectivity index (χ0n) is 13.2. The first-order valence-corrected chi connectivity index (χ1v) is 10.1. The summed E-state index contributed by atoms with van der Waals surface area (Å²) < 4.78 is 6.49. The normalized spacial score (nSPS) is 11.0. The van der Waals surface area contributed by atoms with Crippen molar-refractivity contribution in [1.29, 1.82) is 0 Å². The van der Waals surface area contributed by atoms with Crippen LogP contribution in [0.3, 0.4) is 0 Å². The summed E-state index contributed by atoms with van der Waals surface area (Å²) in [5, 5.41) is 1.92. The third-order valence-corrected chi connectivity index (χ3v) is 6.54. The van der Waals surface area contributed by atoms with E-state index in [1.54, 1.807) is 35.6 Å². The third-order valence-electron chi connectivity index (χ3n) is 3.69. The lowest BCUT2D eigenvalue weighted by molar-refractivity contribution is 0.0478. The van der Waals surface area contributed by atoms with Crippen LogP contribution in [-0.4, -0.2) is 11.0 Å². The Bertz CT molecular complexity index is 1070. The lowest BCUT2D eigenvalue weighted by Crippen LogP contribution is -2.03. The zero-order valence-corrected chi connectivity index (χ0v) is 16.4. The molecule has 0 saturated carbocycles. The zero-order chi connectivity index (χ0) is 18.1. The molecule has 0 aliphatic heterocycles. The van der Waals surface area contributed by atoms with Crippen LogP contribution in [-0.2, 0) is 11.3 Å². The molecule has 0 atom stereocenters. The highest BCUT2D eigenvalue weighted by atomic mass is 35.5. The summed E-state index contributed by atoms with van der Waals surface area (Å²) in [6.45, 7) is 0.100. The van der Waals surface area contributed by atoms with Crippen molar-refractivity contribution in [1.82, 2.24) is 4.98 Å². The molecule has 0 spiro atoms. The number of ether oxygens (including phenoxy) is 1. The van der Waals surface area contributed by atoms with Gasteiger partial charge in [-0.1, -0.05) is 41.4 Å². The van der Waals surface area contributed by atoms with Gasteiger partial charge in [0.1, 0.15) is 16.5 Å². The van der Waals surface area contributed by atoms with Crippen molar-refractivity contribution < 1.29 is 9.53 Å². The van der Waals surface area contributed by atoms with Crippen LogP contribution in [0.5, 0.6) is 0 Å². The Morgan fingerprint density at radius 3 is 2.69 bits per heavy atom. The van der Waals surface area contributed by atoms with Crippen molar-refractivity contribution in [3.8, 4) is 9.88 Å². The van der Waals surface area contributed by atoms with Crippen molar-refractivity contribution in [2.75, 3.05) is 0 Å². The van der Waals surface area contributed by atoms with E-state index in [0.717, 1.165) is 20.1 Å². The van der Waals surface area contributed by atoms with Crippen LogP contribution in [0.4, 0.5) is 0 Å². The summed E-state index contributed by atoms with van der Waals surface area (Å²) in [7, 11) is 0. The molecule has 0 saturated heterocycles. The van der Waals surface area contributed by atoms with Crippen LogP contribution in [0.2, 0.25) is 10.0 Å². The Kier molecular flexibility index (Phi) is 4.96. The molecule has 7 heteroatoms. The first-order chi connectivity index (χ1) is 12.6. The van der Waals surface area contributed by atoms with E-state index >= 15 is 0 Å². The van der Waals surface area contributed by atoms with Crippen molar-refractivity contribution in [2.45, 2.75) is 6.61 Å². The fourth-order valence-corrected chi connectivity index (χ4v) is 4.78. The molecule has 0 N–H and O–H groups in total. The number of aromatic nitrogens is 1. The summed E-state index contributed by atoms with van der Waals surface area (Å²) in [4.78, 5) is 18.4. The molecule has 0 unspecified atom stereocenters. The second kappa shape index (κ2) is 7.37. The monoisotopic (exact) mass is 419 g/mol. The highest BCUT2D eigenvalue weighted by molar-refractivity contribution is 7.26. The van der Waals surface area contributed by atoms with Crippen molar-refractivity contribution in [3.63, 3.8) is 0 Å². The first-order valence-electron chi connectivity index (χ1n) is 7.67. The van der Waals surface area contributed by atoms with Gasteiger partial charge in [-0.25, -0.2) is 9.78 Å². The average Bonchev–Trinajstić information content (AvgIpc) is 3.27. The molecule has 0 aliphatic rings. The van der Waals surface area contributed by atoms with Crippen LogP contribution < -0.4 is 0 Å². The van der Waals surface area contributed by atoms with E-state index < -0.39 is 0 Å². The molecule has 4 rings (SSSR count). The summed E-state index contributed by atoms with van der Waals surface area (Å²) in [6, 6.07) is 16.7. The molecule has 0 bridgehead atoms. The average molecular weight is 420 g/mol. The minimum absolute atomic E-state index is 0.100. The van der Waals surface area contributed by atoms with E-state index in [1.165, 1.54) is 11.3 Å². The third kappa shape index (κ3) is 3.62. The number of benzene rings is 2. The second-order valence-electron chi connectivity index (χ2n) is 5.46. The van der Waals surface area contributed by atoms with Crippen LogP contribution in [0.1, 0.15) is 15.2 Å². The van der Waals surface area contributed by atoms with E-state index in [9.17, 15) is 4.79 Å². The lowest BCUT2D eigenvalue weighted by Gasteiger charge is -2.05. The number of fused-ring (bicyclic) bond motifs is 1. The predicted octanol–water partition coefficient (Wildman–Crippen LogP) is 6.69. The van der Waals surface area contributed by atoms with Gasteiger partial charge in [0.15, 0.2) is 0 Å². The van der Waals surface area contributed by atoms with Crippen LogP contribution in [0.25, 0.3) is 20.1 Å². The molecule has 2 heterocycles. The quantitative estimate of drug-likeness (QED) is 0.345. The highest BCUT2D eigenvalue weighted by Gasteiger charge is 2.15. The minimum atomic E-state index is -0.381. The molecular weight excluding hydrogens is 409 g/mol. The van der Waals surface area contributed by atoms with E-state index in [-0.39, 0.29) is 12.6 Å². The summed E-state index contributed by atoms with van der Waals surface area (Å²) in [6.07, 6.45) is 0. The van der Waals surface area contributed by atoms with E-state index in [1.807, 2.05) is 30.3 Å². The standard InChI is InChI=1S/C19H11Cl2NO2S2/c20-12-6-5-11(13(21)9-12)10-24-19(23)17-8-7-16(25-17)18-22-14-3-1-2-4-15(14)26-18/h1-9H,10H2. The fraction of sp³-hybridized carbons (Fsp3) is 0.0526. The maximum absolute atomic E-state index is 12.3. The molecule has 26 heavy (non-hydrogen) atoms. The van der Waals surface area contributed by atoms with Gasteiger partial charge in [0.25, 0.3) is 0 Å². The number of halogens is 2. The number of para-hydroxylation sites is 1. The lowest BCUT2D eigenvalue weighted by atomic mass is 10.2. The number of hydrogen-bond acceptors (Lipinski definition) is 5. The number of thiazole rings is 1. The Balaban J connectivity index is 1.49. The summed E-state index contributed by atoms with van der Waals surface area (Å²) in [5.41, 5.74) is 1.68. The minimum Gasteiger partial charge on any atom is -0.457 e. The maximum Gasteiger partial charge on any atom is 0.348 e. The van der Waals surface area contributed by atoms with Crippen LogP contribution >= 0.6 is 45.9 Å². The van der Waals surface area contributed by atoms with E-state index in [4.69, 9.17) is 27.9 Å². The van der Waals surface area contributed by atoms with Gasteiger partial charge in [0.05, 0.1) is 15.1 Å². The van der Waals surface area contributed by atoms with Gasteiger partial charge in [0.2, 0.25) is 0 Å². The van der Waals surface area contributed by atoms with Crippen LogP contribution in [0, 0.1) is 0 Å². The number of carbonyl (C=O) groups is 1. The van der Waals surface area contributed by atoms with Crippen LogP contribution in [0.15, 0.2) is 54.6 Å². The van der Waals surface area contributed by atoms with Gasteiger partial charge in [-0.3, -0.25) is 0 Å². The van der Waals surface area contributed by atoms with E-state index in [2.05, 4.69) is 4.98 Å². The topological polar surface area (TPSA) is 39.2 Å². The Hall–Kier alpha value is -1.92. The Morgan fingerprint density at radius 1 is 1.04 bits per heavy atom. The number of carbonyl (C=O) groups excluding carboxylic acids is 1. The molecule has 4 aromatic rings. The highest BCUT2D eigenvalue weighted by Crippen LogP contribution is 2.34. The number of nitrogens with zero attached hydrogens (tertiary/aromatic N) is 1. The van der Waals surface area contributed by atoms with Crippen molar-refractivity contribution in [3.05, 3.63) is 75.1 Å². The number of esters is 1. The maximum atomic E-state index is 12.3. The van der Waals surface area contributed by atoms with Gasteiger partial charge in [-0.05, 0) is 36.4 Å². The van der Waals surface area contributed by atoms with Gasteiger partial charge in [-0.2, -0.15) is 0 Å². The summed E-state index contributed by atoms with van der Waals surface area (Å²) in [5.74, 6) is -0.381. The van der Waals surface area contributed by atoms with Crippen molar-refractivity contribution in [2.24, 2.45) is 0 Å².